The second-order valence-electron chi connectivity index (χ2n) is 9.47. The highest BCUT2D eigenvalue weighted by Crippen LogP contribution is 2.32. The van der Waals surface area contributed by atoms with Crippen molar-refractivity contribution in [3.05, 3.63) is 82.8 Å². The normalized spacial score (nSPS) is 13.8. The number of fused-ring (bicyclic) bond motifs is 1. The van der Waals surface area contributed by atoms with Crippen LogP contribution in [0, 0.1) is 0 Å². The van der Waals surface area contributed by atoms with Gasteiger partial charge in [0, 0.05) is 29.4 Å². The smallest absolute Gasteiger partial charge is 0.417 e. The Hall–Kier alpha value is -4.20. The van der Waals surface area contributed by atoms with Crippen LogP contribution >= 0.6 is 0 Å². The first kappa shape index (κ1) is 25.4. The quantitative estimate of drug-likeness (QED) is 0.295. The van der Waals surface area contributed by atoms with Crippen molar-refractivity contribution in [1.82, 2.24) is 9.13 Å². The van der Waals surface area contributed by atoms with Gasteiger partial charge in [-0.3, -0.25) is 14.5 Å². The summed E-state index contributed by atoms with van der Waals surface area (Å²) in [6, 6.07) is 20.3. The molecular formula is C30H33N3O5. The summed E-state index contributed by atoms with van der Waals surface area (Å²) in [4.78, 5) is 26.2. The van der Waals surface area contributed by atoms with Crippen molar-refractivity contribution in [2.45, 2.75) is 51.6 Å². The van der Waals surface area contributed by atoms with Crippen LogP contribution in [0.4, 0.5) is 10.5 Å². The number of nitrogens with one attached hydrogen (secondary N) is 1. The molecule has 1 amide bonds. The molecule has 8 nitrogen and oxygen atoms in total. The number of carbonyl (C=O) groups excluding carboxylic acids is 1. The van der Waals surface area contributed by atoms with Gasteiger partial charge in [-0.2, -0.15) is 0 Å². The van der Waals surface area contributed by atoms with Crippen LogP contribution in [0.5, 0.6) is 17.2 Å². The Morgan fingerprint density at radius 2 is 1.74 bits per heavy atom. The lowest BCUT2D eigenvalue weighted by Crippen LogP contribution is -2.29. The number of ether oxygens (including phenoxy) is 3. The number of rotatable bonds is 8. The maximum atomic E-state index is 13.8. The fraction of sp³-hybridized carbons (Fsp3) is 0.333. The minimum atomic E-state index is -0.595. The molecule has 0 atom stereocenters. The molecule has 5 rings (SSSR count). The van der Waals surface area contributed by atoms with E-state index in [1.807, 2.05) is 41.8 Å². The summed E-state index contributed by atoms with van der Waals surface area (Å²) >= 11 is 0. The van der Waals surface area contributed by atoms with Crippen molar-refractivity contribution >= 4 is 22.8 Å². The average molecular weight is 516 g/mol. The van der Waals surface area contributed by atoms with Crippen LogP contribution in [0.25, 0.3) is 11.0 Å². The topological polar surface area (TPSA) is 83.7 Å². The molecule has 0 unspecified atom stereocenters. The summed E-state index contributed by atoms with van der Waals surface area (Å²) in [5, 5.41) is 2.73. The molecule has 0 radical (unpaired) electrons. The maximum Gasteiger partial charge on any atom is 0.417 e. The van der Waals surface area contributed by atoms with Gasteiger partial charge >= 0.3 is 11.8 Å². The molecule has 198 valence electrons. The van der Waals surface area contributed by atoms with Crippen molar-refractivity contribution in [1.29, 1.82) is 0 Å². The first-order chi connectivity index (χ1) is 18.6. The highest BCUT2D eigenvalue weighted by molar-refractivity contribution is 5.86. The standard InChI is InChI=1S/C30H33N3O5/c1-3-37-25-16-17-26-27(19-25)33(23-10-6-4-7-11-23)30(35)32(26)20-21-14-15-22(18-28(21)36-2)31-29(34)38-24-12-8-5-9-13-24/h5,8-9,12-19,23H,3-4,6-7,10-11,20H2,1-2H3,(H,31,34). The second kappa shape index (κ2) is 11.5. The van der Waals surface area contributed by atoms with E-state index in [-0.39, 0.29) is 11.7 Å². The monoisotopic (exact) mass is 515 g/mol. The molecule has 0 saturated heterocycles. The van der Waals surface area contributed by atoms with E-state index in [4.69, 9.17) is 14.2 Å². The molecule has 3 aromatic carbocycles. The number of methoxy groups -OCH3 is 1. The molecule has 0 bridgehead atoms. The molecule has 1 aliphatic carbocycles. The van der Waals surface area contributed by atoms with Gasteiger partial charge in [0.25, 0.3) is 0 Å². The van der Waals surface area contributed by atoms with E-state index in [1.54, 1.807) is 48.1 Å². The predicted molar refractivity (Wildman–Crippen MR) is 148 cm³/mol. The maximum absolute atomic E-state index is 13.8. The number of para-hydroxylation sites is 1. The number of aromatic nitrogens is 2. The van der Waals surface area contributed by atoms with Crippen LogP contribution < -0.4 is 25.2 Å². The minimum absolute atomic E-state index is 0.0313. The SMILES string of the molecule is CCOc1ccc2c(c1)n(C1CCCCC1)c(=O)n2Cc1ccc(NC(=O)Oc2ccccc2)cc1OC. The van der Waals surface area contributed by atoms with Gasteiger partial charge in [0.1, 0.15) is 17.2 Å². The summed E-state index contributed by atoms with van der Waals surface area (Å²) in [5.74, 6) is 1.78. The predicted octanol–water partition coefficient (Wildman–Crippen LogP) is 6.37. The third-order valence-corrected chi connectivity index (χ3v) is 7.00. The molecule has 8 heteroatoms. The first-order valence-corrected chi connectivity index (χ1v) is 13.2. The molecule has 1 aromatic heterocycles. The minimum Gasteiger partial charge on any atom is -0.496 e. The van der Waals surface area contributed by atoms with E-state index in [9.17, 15) is 9.59 Å². The van der Waals surface area contributed by atoms with E-state index in [0.717, 1.165) is 48.0 Å². The van der Waals surface area contributed by atoms with Gasteiger partial charge in [0.05, 0.1) is 31.3 Å². The molecule has 1 fully saturated rings. The number of hydrogen-bond acceptors (Lipinski definition) is 5. The number of imidazole rings is 1. The van der Waals surface area contributed by atoms with E-state index >= 15 is 0 Å². The number of carbonyl (C=O) groups is 1. The zero-order chi connectivity index (χ0) is 26.5. The number of amides is 1. The van der Waals surface area contributed by atoms with Crippen LogP contribution in [0.1, 0.15) is 50.6 Å². The lowest BCUT2D eigenvalue weighted by Gasteiger charge is -2.23. The van der Waals surface area contributed by atoms with Crippen LogP contribution in [0.2, 0.25) is 0 Å². The number of anilines is 1. The highest BCUT2D eigenvalue weighted by Gasteiger charge is 2.23. The van der Waals surface area contributed by atoms with Crippen molar-refractivity contribution in [2.75, 3.05) is 19.0 Å². The third-order valence-electron chi connectivity index (χ3n) is 7.00. The Labute approximate surface area is 221 Å². The van der Waals surface area contributed by atoms with Gasteiger partial charge in [-0.25, -0.2) is 9.59 Å². The Bertz CT molecular complexity index is 1470. The van der Waals surface area contributed by atoms with Crippen LogP contribution in [-0.4, -0.2) is 28.9 Å². The molecule has 1 heterocycles. The summed E-state index contributed by atoms with van der Waals surface area (Å²) in [6.45, 7) is 2.85. The van der Waals surface area contributed by atoms with Crippen molar-refractivity contribution in [3.8, 4) is 17.2 Å². The Balaban J connectivity index is 1.44. The van der Waals surface area contributed by atoms with Gasteiger partial charge < -0.3 is 14.2 Å². The molecule has 0 spiro atoms. The number of nitrogens with zero attached hydrogens (tertiary/aromatic N) is 2. The Kier molecular flexibility index (Phi) is 7.67. The van der Waals surface area contributed by atoms with Crippen LogP contribution in [0.3, 0.4) is 0 Å². The first-order valence-electron chi connectivity index (χ1n) is 13.2. The summed E-state index contributed by atoms with van der Waals surface area (Å²) < 4.78 is 20.5. The zero-order valence-electron chi connectivity index (χ0n) is 21.8. The molecule has 0 aliphatic heterocycles. The van der Waals surface area contributed by atoms with Crippen molar-refractivity contribution in [3.63, 3.8) is 0 Å². The second-order valence-corrected chi connectivity index (χ2v) is 9.47. The summed E-state index contributed by atoms with van der Waals surface area (Å²) in [6.07, 6.45) is 4.88. The fourth-order valence-corrected chi connectivity index (χ4v) is 5.22. The summed E-state index contributed by atoms with van der Waals surface area (Å²) in [5.41, 5.74) is 3.09. The van der Waals surface area contributed by atoms with Crippen molar-refractivity contribution < 1.29 is 19.0 Å². The van der Waals surface area contributed by atoms with Gasteiger partial charge in [0.15, 0.2) is 0 Å². The van der Waals surface area contributed by atoms with Gasteiger partial charge in [-0.1, -0.05) is 43.5 Å². The zero-order valence-corrected chi connectivity index (χ0v) is 21.8. The summed E-state index contributed by atoms with van der Waals surface area (Å²) in [7, 11) is 1.58. The molecule has 38 heavy (non-hydrogen) atoms. The fourth-order valence-electron chi connectivity index (χ4n) is 5.22. The molecule has 4 aromatic rings. The van der Waals surface area contributed by atoms with E-state index in [1.165, 1.54) is 6.42 Å². The third kappa shape index (κ3) is 5.39. The number of hydrogen-bond donors (Lipinski definition) is 1. The molecule has 1 saturated carbocycles. The lowest BCUT2D eigenvalue weighted by atomic mass is 9.95. The van der Waals surface area contributed by atoms with Crippen molar-refractivity contribution in [2.24, 2.45) is 0 Å². The molecule has 1 aliphatic rings. The van der Waals surface area contributed by atoms with Gasteiger partial charge in [-0.15, -0.1) is 0 Å². The van der Waals surface area contributed by atoms with Crippen LogP contribution in [-0.2, 0) is 6.54 Å². The van der Waals surface area contributed by atoms with Gasteiger partial charge in [-0.05, 0) is 50.1 Å². The lowest BCUT2D eigenvalue weighted by molar-refractivity contribution is 0.215. The Morgan fingerprint density at radius 1 is 0.947 bits per heavy atom. The average Bonchev–Trinajstić information content (AvgIpc) is 3.20. The highest BCUT2D eigenvalue weighted by atomic mass is 16.6. The van der Waals surface area contributed by atoms with Crippen LogP contribution in [0.15, 0.2) is 71.5 Å². The molecule has 1 N–H and O–H groups in total. The largest absolute Gasteiger partial charge is 0.496 e. The molecular weight excluding hydrogens is 482 g/mol. The Morgan fingerprint density at radius 3 is 2.47 bits per heavy atom. The van der Waals surface area contributed by atoms with E-state index < -0.39 is 6.09 Å². The van der Waals surface area contributed by atoms with E-state index in [0.29, 0.717) is 30.3 Å². The van der Waals surface area contributed by atoms with E-state index in [2.05, 4.69) is 5.32 Å². The van der Waals surface area contributed by atoms with Gasteiger partial charge in [0.2, 0.25) is 0 Å². The number of benzene rings is 3.